The Morgan fingerprint density at radius 2 is 1.85 bits per heavy atom. The average molecular weight is 465 g/mol. The Morgan fingerprint density at radius 3 is 2.64 bits per heavy atom. The molecule has 2 heterocycles. The van der Waals surface area contributed by atoms with Crippen LogP contribution in [0.25, 0.3) is 10.8 Å². The second-order valence-electron chi connectivity index (χ2n) is 8.10. The summed E-state index contributed by atoms with van der Waals surface area (Å²) in [6.45, 7) is -0.446. The van der Waals surface area contributed by atoms with Crippen LogP contribution >= 0.6 is 11.8 Å². The quantitative estimate of drug-likeness (QED) is 0.577. The first-order valence-electron chi connectivity index (χ1n) is 10.6. The minimum Gasteiger partial charge on any atom is -0.454 e. The standard InChI is InChI=1S/C25H21FN2O4S/c26-19-8-6-18(7-9-19)25-12-11-23(30)28(25)21(15-33-25)24(31)32-14-22(29)27-20-10-5-16-3-1-2-4-17(16)13-20/h1-10,13,21H,11-12,14-15H2,(H,27,29)/t21-,25+/m1/s1. The molecule has 2 saturated heterocycles. The van der Waals surface area contributed by atoms with E-state index in [9.17, 15) is 18.8 Å². The van der Waals surface area contributed by atoms with Gasteiger partial charge in [0, 0.05) is 17.9 Å². The second kappa shape index (κ2) is 8.51. The number of fused-ring (bicyclic) bond motifs is 2. The molecule has 5 rings (SSSR count). The first kappa shape index (κ1) is 21.5. The van der Waals surface area contributed by atoms with Crippen LogP contribution in [0, 0.1) is 5.82 Å². The number of hydrogen-bond donors (Lipinski definition) is 1. The van der Waals surface area contributed by atoms with Crippen LogP contribution in [0.5, 0.6) is 0 Å². The maximum absolute atomic E-state index is 13.4. The van der Waals surface area contributed by atoms with Crippen LogP contribution in [0.4, 0.5) is 10.1 Å². The summed E-state index contributed by atoms with van der Waals surface area (Å²) in [5.74, 6) is -1.22. The predicted octanol–water partition coefficient (Wildman–Crippen LogP) is 4.05. The summed E-state index contributed by atoms with van der Waals surface area (Å²) >= 11 is 1.48. The van der Waals surface area contributed by atoms with E-state index in [0.29, 0.717) is 24.3 Å². The summed E-state index contributed by atoms with van der Waals surface area (Å²) in [6.07, 6.45) is 0.838. The van der Waals surface area contributed by atoms with Crippen molar-refractivity contribution in [1.82, 2.24) is 4.90 Å². The molecule has 6 nitrogen and oxygen atoms in total. The average Bonchev–Trinajstić information content (AvgIpc) is 3.37. The van der Waals surface area contributed by atoms with Crippen LogP contribution in [-0.2, 0) is 24.0 Å². The number of carbonyl (C=O) groups excluding carboxylic acids is 3. The van der Waals surface area contributed by atoms with Gasteiger partial charge in [0.05, 0.1) is 0 Å². The van der Waals surface area contributed by atoms with Crippen molar-refractivity contribution in [2.75, 3.05) is 17.7 Å². The first-order chi connectivity index (χ1) is 16.0. The fourth-order valence-electron chi connectivity index (χ4n) is 4.52. The van der Waals surface area contributed by atoms with E-state index in [1.165, 1.54) is 23.9 Å². The van der Waals surface area contributed by atoms with Crippen LogP contribution in [0.3, 0.4) is 0 Å². The molecule has 33 heavy (non-hydrogen) atoms. The van der Waals surface area contributed by atoms with Gasteiger partial charge < -0.3 is 15.0 Å². The largest absolute Gasteiger partial charge is 0.454 e. The van der Waals surface area contributed by atoms with Gasteiger partial charge in [0.25, 0.3) is 5.91 Å². The van der Waals surface area contributed by atoms with Crippen molar-refractivity contribution in [3.05, 3.63) is 78.1 Å². The van der Waals surface area contributed by atoms with Crippen LogP contribution in [0.15, 0.2) is 66.7 Å². The van der Waals surface area contributed by atoms with Gasteiger partial charge in [-0.3, -0.25) is 9.59 Å². The lowest BCUT2D eigenvalue weighted by atomic mass is 10.0. The number of rotatable bonds is 5. The van der Waals surface area contributed by atoms with Gasteiger partial charge in [-0.05, 0) is 47.0 Å². The Morgan fingerprint density at radius 1 is 1.09 bits per heavy atom. The van der Waals surface area contributed by atoms with Crippen molar-refractivity contribution in [1.29, 1.82) is 0 Å². The molecule has 1 N–H and O–H groups in total. The topological polar surface area (TPSA) is 75.7 Å². The molecule has 168 valence electrons. The van der Waals surface area contributed by atoms with Crippen molar-refractivity contribution in [2.45, 2.75) is 23.8 Å². The minimum absolute atomic E-state index is 0.146. The molecule has 2 atom stereocenters. The van der Waals surface area contributed by atoms with E-state index in [4.69, 9.17) is 4.74 Å². The second-order valence-corrected chi connectivity index (χ2v) is 9.40. The lowest BCUT2D eigenvalue weighted by Gasteiger charge is -2.33. The number of benzene rings is 3. The number of thioether (sulfide) groups is 1. The molecule has 2 fully saturated rings. The summed E-state index contributed by atoms with van der Waals surface area (Å²) < 4.78 is 18.7. The van der Waals surface area contributed by atoms with Gasteiger partial charge >= 0.3 is 5.97 Å². The van der Waals surface area contributed by atoms with Gasteiger partial charge in [-0.2, -0.15) is 0 Å². The van der Waals surface area contributed by atoms with E-state index in [1.807, 2.05) is 36.4 Å². The van der Waals surface area contributed by atoms with E-state index in [2.05, 4.69) is 5.32 Å². The van der Waals surface area contributed by atoms with Gasteiger partial charge in [-0.1, -0.05) is 42.5 Å². The van der Waals surface area contributed by atoms with Crippen molar-refractivity contribution >= 4 is 46.0 Å². The number of nitrogens with one attached hydrogen (secondary N) is 1. The Kier molecular flexibility index (Phi) is 5.54. The zero-order valence-corrected chi connectivity index (χ0v) is 18.4. The monoisotopic (exact) mass is 464 g/mol. The highest BCUT2D eigenvalue weighted by atomic mass is 32.2. The number of anilines is 1. The molecule has 0 unspecified atom stereocenters. The van der Waals surface area contributed by atoms with Gasteiger partial charge in [-0.15, -0.1) is 11.8 Å². The molecule has 0 bridgehead atoms. The predicted molar refractivity (Wildman–Crippen MR) is 124 cm³/mol. The molecule has 0 aliphatic carbocycles. The number of carbonyl (C=O) groups is 3. The third-order valence-electron chi connectivity index (χ3n) is 6.07. The van der Waals surface area contributed by atoms with E-state index < -0.39 is 29.4 Å². The zero-order chi connectivity index (χ0) is 23.0. The number of halogens is 1. The van der Waals surface area contributed by atoms with Crippen molar-refractivity contribution in [2.24, 2.45) is 0 Å². The first-order valence-corrected chi connectivity index (χ1v) is 11.6. The highest BCUT2D eigenvalue weighted by Crippen LogP contribution is 2.54. The van der Waals surface area contributed by atoms with Crippen LogP contribution in [0.2, 0.25) is 0 Å². The number of hydrogen-bond acceptors (Lipinski definition) is 5. The van der Waals surface area contributed by atoms with E-state index >= 15 is 0 Å². The molecular weight excluding hydrogens is 443 g/mol. The van der Waals surface area contributed by atoms with Crippen LogP contribution < -0.4 is 5.32 Å². The molecule has 2 aliphatic heterocycles. The Bertz CT molecular complexity index is 1250. The summed E-state index contributed by atoms with van der Waals surface area (Å²) in [5.41, 5.74) is 1.39. The molecule has 0 saturated carbocycles. The van der Waals surface area contributed by atoms with Crippen LogP contribution in [-0.4, -0.2) is 41.1 Å². The maximum Gasteiger partial charge on any atom is 0.330 e. The molecule has 2 aliphatic rings. The fourth-order valence-corrected chi connectivity index (χ4v) is 6.16. The molecular formula is C25H21FN2O4S. The number of esters is 1. The highest BCUT2D eigenvalue weighted by molar-refractivity contribution is 8.00. The summed E-state index contributed by atoms with van der Waals surface area (Å²) in [7, 11) is 0. The fraction of sp³-hybridized carbons (Fsp3) is 0.240. The molecule has 8 heteroatoms. The zero-order valence-electron chi connectivity index (χ0n) is 17.6. The SMILES string of the molecule is O=C(COC(=O)[C@H]1CS[C@]2(c3ccc(F)cc3)CCC(=O)N12)Nc1ccc2ccccc2c1. The van der Waals surface area contributed by atoms with Gasteiger partial charge in [-0.25, -0.2) is 9.18 Å². The lowest BCUT2D eigenvalue weighted by molar-refractivity contribution is -0.155. The molecule has 0 radical (unpaired) electrons. The van der Waals surface area contributed by atoms with Gasteiger partial charge in [0.2, 0.25) is 5.91 Å². The summed E-state index contributed by atoms with van der Waals surface area (Å²) in [6, 6.07) is 18.6. The molecule has 3 aromatic carbocycles. The van der Waals surface area contributed by atoms with E-state index in [-0.39, 0.29) is 11.7 Å². The van der Waals surface area contributed by atoms with Crippen molar-refractivity contribution in [3.63, 3.8) is 0 Å². The van der Waals surface area contributed by atoms with Crippen molar-refractivity contribution < 1.29 is 23.5 Å². The Balaban J connectivity index is 1.24. The third-order valence-corrected chi connectivity index (χ3v) is 7.67. The minimum atomic E-state index is -0.788. The third kappa shape index (κ3) is 3.95. The Labute approximate surface area is 194 Å². The maximum atomic E-state index is 13.4. The number of nitrogens with zero attached hydrogens (tertiary/aromatic N) is 1. The van der Waals surface area contributed by atoms with Crippen LogP contribution in [0.1, 0.15) is 18.4 Å². The van der Waals surface area contributed by atoms with E-state index in [0.717, 1.165) is 16.3 Å². The molecule has 0 aromatic heterocycles. The number of ether oxygens (including phenoxy) is 1. The number of amides is 2. The van der Waals surface area contributed by atoms with Gasteiger partial charge in [0.15, 0.2) is 6.61 Å². The Hall–Kier alpha value is -3.39. The normalized spacial score (nSPS) is 21.8. The molecule has 2 amide bonds. The van der Waals surface area contributed by atoms with E-state index in [1.54, 1.807) is 23.1 Å². The smallest absolute Gasteiger partial charge is 0.330 e. The summed E-state index contributed by atoms with van der Waals surface area (Å²) in [4.78, 5) is 38.7. The van der Waals surface area contributed by atoms with Gasteiger partial charge in [0.1, 0.15) is 16.7 Å². The molecule has 3 aromatic rings. The van der Waals surface area contributed by atoms with Crippen molar-refractivity contribution in [3.8, 4) is 0 Å². The summed E-state index contributed by atoms with van der Waals surface area (Å²) in [5, 5.41) is 4.78. The highest BCUT2D eigenvalue weighted by Gasteiger charge is 2.57. The molecule has 0 spiro atoms. The lowest BCUT2D eigenvalue weighted by Crippen LogP contribution is -2.47.